The van der Waals surface area contributed by atoms with Gasteiger partial charge >= 0.3 is 0 Å². The van der Waals surface area contributed by atoms with E-state index in [1.807, 2.05) is 0 Å². The van der Waals surface area contributed by atoms with Gasteiger partial charge in [-0.05, 0) is 23.6 Å². The Balaban J connectivity index is 1.59. The molecule has 0 radical (unpaired) electrons. The molecule has 3 rings (SSSR count). The normalized spacial score (nSPS) is 26.5. The maximum Gasteiger partial charge on any atom is 0.123 e. The largest absolute Gasteiger partial charge is 0.488 e. The first-order valence-corrected chi connectivity index (χ1v) is 7.82. The predicted molar refractivity (Wildman–Crippen MR) is 82.2 cm³/mol. The number of fused-ring (bicyclic) bond motifs is 1. The van der Waals surface area contributed by atoms with E-state index in [0.717, 1.165) is 43.9 Å². The van der Waals surface area contributed by atoms with Crippen LogP contribution in [0.3, 0.4) is 0 Å². The summed E-state index contributed by atoms with van der Waals surface area (Å²) in [5.41, 5.74) is 1.27. The van der Waals surface area contributed by atoms with Crippen molar-refractivity contribution in [2.75, 3.05) is 26.2 Å². The quantitative estimate of drug-likeness (QED) is 0.906. The maximum absolute atomic E-state index is 13.3. The molecule has 2 heterocycles. The third kappa shape index (κ3) is 3.38. The zero-order valence-electron chi connectivity index (χ0n) is 13.2. The van der Waals surface area contributed by atoms with Crippen molar-refractivity contribution in [2.24, 2.45) is 5.41 Å². The molecular formula is C17H25FN2O. The van der Waals surface area contributed by atoms with Crippen molar-refractivity contribution >= 4 is 0 Å². The first-order chi connectivity index (χ1) is 9.91. The highest BCUT2D eigenvalue weighted by Crippen LogP contribution is 2.30. The monoisotopic (exact) mass is 292 g/mol. The molecular weight excluding hydrogens is 267 g/mol. The van der Waals surface area contributed by atoms with Crippen molar-refractivity contribution in [1.29, 1.82) is 0 Å². The number of halogens is 1. The highest BCUT2D eigenvalue weighted by molar-refractivity contribution is 5.37. The van der Waals surface area contributed by atoms with Crippen LogP contribution in [0.25, 0.3) is 0 Å². The van der Waals surface area contributed by atoms with Crippen LogP contribution in [-0.2, 0) is 6.42 Å². The predicted octanol–water partition coefficient (Wildman–Crippen LogP) is 2.45. The third-order valence-corrected chi connectivity index (χ3v) is 4.53. The Hall–Kier alpha value is -1.13. The van der Waals surface area contributed by atoms with E-state index in [1.54, 1.807) is 12.1 Å². The van der Waals surface area contributed by atoms with Crippen molar-refractivity contribution < 1.29 is 9.13 Å². The second-order valence-electron chi connectivity index (χ2n) is 7.33. The number of nitrogens with zero attached hydrogens (tertiary/aromatic N) is 1. The average molecular weight is 292 g/mol. The second-order valence-corrected chi connectivity index (χ2v) is 7.33. The highest BCUT2D eigenvalue weighted by Gasteiger charge is 2.32. The van der Waals surface area contributed by atoms with Crippen LogP contribution >= 0.6 is 0 Å². The van der Waals surface area contributed by atoms with Gasteiger partial charge in [-0.1, -0.05) is 20.8 Å². The smallest absolute Gasteiger partial charge is 0.123 e. The van der Waals surface area contributed by atoms with Crippen LogP contribution in [0.15, 0.2) is 18.2 Å². The van der Waals surface area contributed by atoms with Crippen LogP contribution < -0.4 is 10.1 Å². The van der Waals surface area contributed by atoms with Gasteiger partial charge in [-0.25, -0.2) is 4.39 Å². The molecule has 1 aromatic carbocycles. The zero-order valence-corrected chi connectivity index (χ0v) is 13.2. The van der Waals surface area contributed by atoms with Gasteiger partial charge in [0.25, 0.3) is 0 Å². The molecule has 21 heavy (non-hydrogen) atoms. The summed E-state index contributed by atoms with van der Waals surface area (Å²) in [6.45, 7) is 10.9. The molecule has 116 valence electrons. The summed E-state index contributed by atoms with van der Waals surface area (Å²) in [5.74, 6) is 0.678. The Kier molecular flexibility index (Phi) is 3.93. The standard InChI is InChI=1S/C17H25FN2O/c1-17(2,3)16-11-20(7-6-19-16)10-14-9-12-8-13(18)4-5-15(12)21-14/h4-5,8,14,16,19H,6-7,9-11H2,1-3H3. The van der Waals surface area contributed by atoms with Gasteiger partial charge in [-0.15, -0.1) is 0 Å². The summed E-state index contributed by atoms with van der Waals surface area (Å²) >= 11 is 0. The van der Waals surface area contributed by atoms with Gasteiger partial charge in [0.1, 0.15) is 17.7 Å². The average Bonchev–Trinajstić information content (AvgIpc) is 2.79. The van der Waals surface area contributed by atoms with E-state index < -0.39 is 0 Å². The van der Waals surface area contributed by atoms with Crippen LogP contribution in [0.2, 0.25) is 0 Å². The fourth-order valence-electron chi connectivity index (χ4n) is 3.24. The van der Waals surface area contributed by atoms with E-state index in [9.17, 15) is 4.39 Å². The minimum absolute atomic E-state index is 0.153. The molecule has 0 aliphatic carbocycles. The van der Waals surface area contributed by atoms with E-state index in [-0.39, 0.29) is 17.3 Å². The van der Waals surface area contributed by atoms with Crippen LogP contribution in [0.4, 0.5) is 4.39 Å². The molecule has 1 aromatic rings. The summed E-state index contributed by atoms with van der Waals surface area (Å²) in [6, 6.07) is 5.33. The van der Waals surface area contributed by atoms with Gasteiger partial charge in [0, 0.05) is 44.2 Å². The minimum Gasteiger partial charge on any atom is -0.488 e. The lowest BCUT2D eigenvalue weighted by molar-refractivity contribution is 0.0935. The molecule has 2 unspecified atom stereocenters. The van der Waals surface area contributed by atoms with E-state index in [1.165, 1.54) is 6.07 Å². The summed E-state index contributed by atoms with van der Waals surface area (Å²) < 4.78 is 19.2. The van der Waals surface area contributed by atoms with E-state index in [0.29, 0.717) is 6.04 Å². The molecule has 2 aliphatic rings. The molecule has 2 atom stereocenters. The second kappa shape index (κ2) is 5.58. The highest BCUT2D eigenvalue weighted by atomic mass is 19.1. The van der Waals surface area contributed by atoms with Crippen molar-refractivity contribution in [3.8, 4) is 5.75 Å². The Bertz CT molecular complexity index is 512. The fourth-order valence-corrected chi connectivity index (χ4v) is 3.24. The van der Waals surface area contributed by atoms with Gasteiger partial charge in [0.15, 0.2) is 0 Å². The molecule has 3 nitrogen and oxygen atoms in total. The van der Waals surface area contributed by atoms with Gasteiger partial charge < -0.3 is 10.1 Å². The number of benzene rings is 1. The lowest BCUT2D eigenvalue weighted by atomic mass is 9.85. The number of nitrogens with one attached hydrogen (secondary N) is 1. The van der Waals surface area contributed by atoms with Crippen molar-refractivity contribution in [3.63, 3.8) is 0 Å². The zero-order chi connectivity index (χ0) is 15.0. The molecule has 0 saturated carbocycles. The fraction of sp³-hybridized carbons (Fsp3) is 0.647. The number of hydrogen-bond donors (Lipinski definition) is 1. The summed E-state index contributed by atoms with van der Waals surface area (Å²) in [5, 5.41) is 3.61. The Morgan fingerprint density at radius 2 is 2.19 bits per heavy atom. The van der Waals surface area contributed by atoms with Gasteiger partial charge in [-0.2, -0.15) is 0 Å². The third-order valence-electron chi connectivity index (χ3n) is 4.53. The lowest BCUT2D eigenvalue weighted by Crippen LogP contribution is -2.57. The number of hydrogen-bond acceptors (Lipinski definition) is 3. The summed E-state index contributed by atoms with van der Waals surface area (Å²) in [4.78, 5) is 2.47. The maximum atomic E-state index is 13.3. The Morgan fingerprint density at radius 1 is 1.38 bits per heavy atom. The Labute approximate surface area is 126 Å². The first-order valence-electron chi connectivity index (χ1n) is 7.82. The first kappa shape index (κ1) is 14.8. The Morgan fingerprint density at radius 3 is 2.95 bits per heavy atom. The molecule has 2 aliphatic heterocycles. The van der Waals surface area contributed by atoms with Gasteiger partial charge in [0.05, 0.1) is 0 Å². The topological polar surface area (TPSA) is 24.5 Å². The van der Waals surface area contributed by atoms with Crippen molar-refractivity contribution in [3.05, 3.63) is 29.6 Å². The molecule has 1 fully saturated rings. The molecule has 1 saturated heterocycles. The molecule has 1 N–H and O–H groups in total. The van der Waals surface area contributed by atoms with Crippen LogP contribution in [0.5, 0.6) is 5.75 Å². The van der Waals surface area contributed by atoms with Gasteiger partial charge in [0.2, 0.25) is 0 Å². The number of ether oxygens (including phenoxy) is 1. The van der Waals surface area contributed by atoms with E-state index >= 15 is 0 Å². The van der Waals surface area contributed by atoms with E-state index in [2.05, 4.69) is 31.0 Å². The van der Waals surface area contributed by atoms with Crippen molar-refractivity contribution in [2.45, 2.75) is 39.3 Å². The number of piperazine rings is 1. The van der Waals surface area contributed by atoms with Crippen LogP contribution in [-0.4, -0.2) is 43.2 Å². The molecule has 0 bridgehead atoms. The molecule has 0 spiro atoms. The molecule has 0 amide bonds. The SMILES string of the molecule is CC(C)(C)C1CN(CC2Cc3cc(F)ccc3O2)CCN1. The van der Waals surface area contributed by atoms with Crippen LogP contribution in [0, 0.1) is 11.2 Å². The van der Waals surface area contributed by atoms with Crippen molar-refractivity contribution in [1.82, 2.24) is 10.2 Å². The number of rotatable bonds is 2. The minimum atomic E-state index is -0.173. The summed E-state index contributed by atoms with van der Waals surface area (Å²) in [6.07, 6.45) is 0.970. The molecule has 0 aromatic heterocycles. The van der Waals surface area contributed by atoms with Crippen LogP contribution in [0.1, 0.15) is 26.3 Å². The van der Waals surface area contributed by atoms with E-state index in [4.69, 9.17) is 4.74 Å². The van der Waals surface area contributed by atoms with Gasteiger partial charge in [-0.3, -0.25) is 4.90 Å². The summed E-state index contributed by atoms with van der Waals surface area (Å²) in [7, 11) is 0. The lowest BCUT2D eigenvalue weighted by Gasteiger charge is -2.41. The molecule has 4 heteroatoms.